The molecule has 0 spiro atoms. The van der Waals surface area contributed by atoms with Gasteiger partial charge in [-0.2, -0.15) is 0 Å². The normalized spacial score (nSPS) is 25.8. The van der Waals surface area contributed by atoms with Crippen molar-refractivity contribution in [2.45, 2.75) is 52.0 Å². The van der Waals surface area contributed by atoms with Gasteiger partial charge in [0.25, 0.3) is 0 Å². The fourth-order valence-electron chi connectivity index (χ4n) is 3.42. The molecule has 2 aliphatic rings. The third-order valence-electron chi connectivity index (χ3n) is 4.63. The Labute approximate surface area is 121 Å². The van der Waals surface area contributed by atoms with Gasteiger partial charge in [0.05, 0.1) is 0 Å². The van der Waals surface area contributed by atoms with Gasteiger partial charge in [0.15, 0.2) is 0 Å². The second-order valence-electron chi connectivity index (χ2n) is 6.72. The van der Waals surface area contributed by atoms with Crippen molar-refractivity contribution in [3.05, 3.63) is 0 Å². The molecular formula is C15H30N2OS. The van der Waals surface area contributed by atoms with E-state index in [1.54, 1.807) is 0 Å². The van der Waals surface area contributed by atoms with Gasteiger partial charge in [-0.25, -0.2) is 0 Å². The minimum atomic E-state index is -0.549. The molecule has 112 valence electrons. The minimum absolute atomic E-state index is 0.474. The summed E-state index contributed by atoms with van der Waals surface area (Å²) in [5.41, 5.74) is 0.474. The molecule has 0 bridgehead atoms. The van der Waals surface area contributed by atoms with E-state index in [0.717, 1.165) is 31.1 Å². The fraction of sp³-hybridized carbons (Fsp3) is 1.00. The highest BCUT2D eigenvalue weighted by Crippen LogP contribution is 2.36. The Bertz CT molecular complexity index is 291. The van der Waals surface area contributed by atoms with Crippen LogP contribution in [0.5, 0.6) is 0 Å². The van der Waals surface area contributed by atoms with Crippen LogP contribution in [-0.4, -0.2) is 52.8 Å². The summed E-state index contributed by atoms with van der Waals surface area (Å²) in [7, 11) is -0.549. The molecule has 2 fully saturated rings. The van der Waals surface area contributed by atoms with Crippen molar-refractivity contribution in [3.8, 4) is 0 Å². The summed E-state index contributed by atoms with van der Waals surface area (Å²) in [4.78, 5) is 2.56. The van der Waals surface area contributed by atoms with E-state index in [0.29, 0.717) is 11.5 Å². The third kappa shape index (κ3) is 4.83. The van der Waals surface area contributed by atoms with E-state index in [2.05, 4.69) is 24.1 Å². The second-order valence-corrected chi connectivity index (χ2v) is 8.42. The van der Waals surface area contributed by atoms with E-state index in [1.165, 1.54) is 38.6 Å². The second kappa shape index (κ2) is 7.19. The number of nitrogens with zero attached hydrogens (tertiary/aromatic N) is 1. The lowest BCUT2D eigenvalue weighted by atomic mass is 9.73. The SMILES string of the molecule is CC(C)NCC1(CN2CCS(=O)CC2)CCCCC1. The largest absolute Gasteiger partial charge is 0.314 e. The van der Waals surface area contributed by atoms with Crippen molar-refractivity contribution < 1.29 is 4.21 Å². The molecule has 0 radical (unpaired) electrons. The first kappa shape index (κ1) is 15.5. The van der Waals surface area contributed by atoms with Gasteiger partial charge in [0.1, 0.15) is 0 Å². The zero-order chi connectivity index (χ0) is 13.7. The highest BCUT2D eigenvalue weighted by atomic mass is 32.2. The lowest BCUT2D eigenvalue weighted by molar-refractivity contribution is 0.105. The van der Waals surface area contributed by atoms with Gasteiger partial charge in [-0.3, -0.25) is 4.21 Å². The van der Waals surface area contributed by atoms with Crippen LogP contribution in [0.2, 0.25) is 0 Å². The first-order chi connectivity index (χ1) is 9.10. The van der Waals surface area contributed by atoms with Crippen LogP contribution in [0.1, 0.15) is 46.0 Å². The molecule has 0 aromatic carbocycles. The summed E-state index contributed by atoms with van der Waals surface area (Å²) in [6.07, 6.45) is 6.92. The van der Waals surface area contributed by atoms with Gasteiger partial charge in [-0.1, -0.05) is 33.1 Å². The van der Waals surface area contributed by atoms with Gasteiger partial charge in [0, 0.05) is 54.5 Å². The maximum Gasteiger partial charge on any atom is 0.0363 e. The minimum Gasteiger partial charge on any atom is -0.314 e. The molecule has 0 unspecified atom stereocenters. The maximum absolute atomic E-state index is 11.5. The van der Waals surface area contributed by atoms with Crippen molar-refractivity contribution in [2.24, 2.45) is 5.41 Å². The van der Waals surface area contributed by atoms with Crippen molar-refractivity contribution >= 4 is 10.8 Å². The van der Waals surface area contributed by atoms with Gasteiger partial charge >= 0.3 is 0 Å². The molecule has 1 N–H and O–H groups in total. The van der Waals surface area contributed by atoms with E-state index >= 15 is 0 Å². The lowest BCUT2D eigenvalue weighted by Gasteiger charge is -2.42. The molecule has 0 aromatic heterocycles. The molecule has 19 heavy (non-hydrogen) atoms. The Hall–Kier alpha value is 0.0700. The molecule has 1 saturated carbocycles. The van der Waals surface area contributed by atoms with Crippen LogP contribution < -0.4 is 5.32 Å². The number of nitrogens with one attached hydrogen (secondary N) is 1. The predicted molar refractivity (Wildman–Crippen MR) is 83.0 cm³/mol. The van der Waals surface area contributed by atoms with Gasteiger partial charge in [-0.05, 0) is 18.3 Å². The smallest absolute Gasteiger partial charge is 0.0363 e. The molecule has 3 nitrogen and oxygen atoms in total. The number of rotatable bonds is 5. The van der Waals surface area contributed by atoms with Gasteiger partial charge < -0.3 is 10.2 Å². The van der Waals surface area contributed by atoms with Crippen molar-refractivity contribution in [3.63, 3.8) is 0 Å². The molecule has 0 amide bonds. The lowest BCUT2D eigenvalue weighted by Crippen LogP contribution is -2.49. The van der Waals surface area contributed by atoms with Crippen LogP contribution in [0.25, 0.3) is 0 Å². The van der Waals surface area contributed by atoms with Crippen molar-refractivity contribution in [2.75, 3.05) is 37.7 Å². The summed E-state index contributed by atoms with van der Waals surface area (Å²) in [5.74, 6) is 1.77. The number of hydrogen-bond donors (Lipinski definition) is 1. The Balaban J connectivity index is 1.90. The molecule has 1 aliphatic carbocycles. The number of hydrogen-bond acceptors (Lipinski definition) is 3. The highest BCUT2D eigenvalue weighted by Gasteiger charge is 2.34. The summed E-state index contributed by atoms with van der Waals surface area (Å²) in [6, 6.07) is 0.577. The zero-order valence-electron chi connectivity index (χ0n) is 12.6. The van der Waals surface area contributed by atoms with E-state index in [-0.39, 0.29) is 0 Å². The van der Waals surface area contributed by atoms with Gasteiger partial charge in [-0.15, -0.1) is 0 Å². The Kier molecular flexibility index (Phi) is 5.85. The molecule has 0 atom stereocenters. The van der Waals surface area contributed by atoms with E-state index < -0.39 is 10.8 Å². The molecule has 2 rings (SSSR count). The van der Waals surface area contributed by atoms with Crippen molar-refractivity contribution in [1.82, 2.24) is 10.2 Å². The molecule has 1 saturated heterocycles. The predicted octanol–water partition coefficient (Wildman–Crippen LogP) is 2.00. The molecule has 1 heterocycles. The van der Waals surface area contributed by atoms with Crippen LogP contribution in [-0.2, 0) is 10.8 Å². The Morgan fingerprint density at radius 2 is 1.79 bits per heavy atom. The van der Waals surface area contributed by atoms with E-state index in [4.69, 9.17) is 0 Å². The molecule has 0 aromatic rings. The Morgan fingerprint density at radius 1 is 1.16 bits per heavy atom. The van der Waals surface area contributed by atoms with E-state index in [9.17, 15) is 4.21 Å². The van der Waals surface area contributed by atoms with E-state index in [1.807, 2.05) is 0 Å². The van der Waals surface area contributed by atoms with Crippen LogP contribution in [0.15, 0.2) is 0 Å². The first-order valence-electron chi connectivity index (χ1n) is 7.90. The third-order valence-corrected chi connectivity index (χ3v) is 5.90. The van der Waals surface area contributed by atoms with Crippen LogP contribution in [0.4, 0.5) is 0 Å². The maximum atomic E-state index is 11.5. The highest BCUT2D eigenvalue weighted by molar-refractivity contribution is 7.85. The first-order valence-corrected chi connectivity index (χ1v) is 9.39. The van der Waals surface area contributed by atoms with Crippen LogP contribution in [0.3, 0.4) is 0 Å². The summed E-state index contributed by atoms with van der Waals surface area (Å²) in [6.45, 7) is 8.92. The van der Waals surface area contributed by atoms with Gasteiger partial charge in [0.2, 0.25) is 0 Å². The molecule has 1 aliphatic heterocycles. The Morgan fingerprint density at radius 3 is 2.37 bits per heavy atom. The molecule has 4 heteroatoms. The summed E-state index contributed by atoms with van der Waals surface area (Å²) >= 11 is 0. The average Bonchev–Trinajstić information content (AvgIpc) is 2.41. The average molecular weight is 286 g/mol. The summed E-state index contributed by atoms with van der Waals surface area (Å²) in [5, 5.41) is 3.67. The van der Waals surface area contributed by atoms with Crippen molar-refractivity contribution in [1.29, 1.82) is 0 Å². The van der Waals surface area contributed by atoms with Crippen LogP contribution >= 0.6 is 0 Å². The van der Waals surface area contributed by atoms with Crippen LogP contribution in [0, 0.1) is 5.41 Å². The molecular weight excluding hydrogens is 256 g/mol. The zero-order valence-corrected chi connectivity index (χ0v) is 13.4. The summed E-state index contributed by atoms with van der Waals surface area (Å²) < 4.78 is 11.5. The topological polar surface area (TPSA) is 32.3 Å². The fourth-order valence-corrected chi connectivity index (χ4v) is 4.55. The monoisotopic (exact) mass is 286 g/mol. The quantitative estimate of drug-likeness (QED) is 0.839. The standard InChI is InChI=1S/C15H30N2OS/c1-14(2)16-12-15(6-4-3-5-7-15)13-17-8-10-19(18)11-9-17/h14,16H,3-13H2,1-2H3.